The van der Waals surface area contributed by atoms with Crippen molar-refractivity contribution in [2.24, 2.45) is 0 Å². The maximum Gasteiger partial charge on any atom is 0.213 e. The Morgan fingerprint density at radius 1 is 1.23 bits per heavy atom. The van der Waals surface area contributed by atoms with Crippen molar-refractivity contribution < 1.29 is 5.11 Å². The highest BCUT2D eigenvalue weighted by atomic mass is 32.1. The van der Waals surface area contributed by atoms with Crippen molar-refractivity contribution >= 4 is 22.0 Å². The third kappa shape index (κ3) is 2.48. The monoisotopic (exact) mass is 316 g/mol. The number of aliphatic hydroxyl groups is 1. The van der Waals surface area contributed by atoms with Crippen molar-refractivity contribution in [3.8, 4) is 11.3 Å². The number of imidazole rings is 1. The van der Waals surface area contributed by atoms with E-state index in [2.05, 4.69) is 41.0 Å². The zero-order chi connectivity index (χ0) is 15.9. The third-order valence-corrected chi connectivity index (χ3v) is 4.82. The van der Waals surface area contributed by atoms with Gasteiger partial charge in [-0.15, -0.1) is 0 Å². The van der Waals surface area contributed by atoms with Crippen LogP contribution in [0.1, 0.15) is 30.5 Å². The highest BCUT2D eigenvalue weighted by molar-refractivity contribution is 7.16. The normalized spacial score (nSPS) is 11.5. The lowest BCUT2D eigenvalue weighted by Crippen LogP contribution is -2.08. The number of rotatable bonds is 4. The van der Waals surface area contributed by atoms with Crippen LogP contribution in [0.2, 0.25) is 0 Å². The lowest BCUT2D eigenvalue weighted by Gasteiger charge is -2.12. The van der Waals surface area contributed by atoms with Crippen LogP contribution in [0.5, 0.6) is 0 Å². The van der Waals surface area contributed by atoms with Crippen LogP contribution in [0.15, 0.2) is 24.3 Å². The smallest absolute Gasteiger partial charge is 0.213 e. The summed E-state index contributed by atoms with van der Waals surface area (Å²) in [5, 5.41) is 15.4. The lowest BCUT2D eigenvalue weighted by atomic mass is 10.1. The molecule has 0 spiro atoms. The van der Waals surface area contributed by atoms with Gasteiger partial charge in [-0.25, -0.2) is 9.50 Å². The van der Waals surface area contributed by atoms with Crippen LogP contribution in [0, 0.1) is 0 Å². The standard InChI is InChI=1S/C16H20N4OS/c1-10(2)15-18-20-13(9-21)14(17-16(20)22-15)11-5-7-12(8-6-11)19(3)4/h5-8,10,21H,9H2,1-4H3. The molecule has 0 radical (unpaired) electrons. The highest BCUT2D eigenvalue weighted by Crippen LogP contribution is 2.30. The van der Waals surface area contributed by atoms with Gasteiger partial charge in [0.2, 0.25) is 4.96 Å². The summed E-state index contributed by atoms with van der Waals surface area (Å²) < 4.78 is 1.77. The fraction of sp³-hybridized carbons (Fsp3) is 0.375. The first-order chi connectivity index (χ1) is 10.5. The molecular weight excluding hydrogens is 296 g/mol. The van der Waals surface area contributed by atoms with Crippen LogP contribution in [0.25, 0.3) is 16.2 Å². The fourth-order valence-electron chi connectivity index (χ4n) is 2.33. The van der Waals surface area contributed by atoms with Crippen molar-refractivity contribution in [3.63, 3.8) is 0 Å². The molecule has 0 aliphatic rings. The van der Waals surface area contributed by atoms with E-state index in [4.69, 9.17) is 0 Å². The molecule has 0 aliphatic heterocycles. The number of hydrogen-bond acceptors (Lipinski definition) is 5. The minimum Gasteiger partial charge on any atom is -0.390 e. The largest absolute Gasteiger partial charge is 0.390 e. The van der Waals surface area contributed by atoms with E-state index >= 15 is 0 Å². The summed E-state index contributed by atoms with van der Waals surface area (Å²) in [6, 6.07) is 8.17. The second-order valence-corrected chi connectivity index (χ2v) is 6.78. The Labute approximate surface area is 133 Å². The summed E-state index contributed by atoms with van der Waals surface area (Å²) in [5.74, 6) is 0.362. The van der Waals surface area contributed by atoms with E-state index in [0.29, 0.717) is 5.92 Å². The Bertz CT molecular complexity index is 786. The summed E-state index contributed by atoms with van der Waals surface area (Å²) in [7, 11) is 4.02. The van der Waals surface area contributed by atoms with Crippen molar-refractivity contribution in [2.75, 3.05) is 19.0 Å². The molecule has 116 valence electrons. The van der Waals surface area contributed by atoms with Crippen molar-refractivity contribution in [1.29, 1.82) is 0 Å². The molecule has 0 saturated heterocycles. The molecule has 1 N–H and O–H groups in total. The molecule has 2 aromatic heterocycles. The molecule has 0 bridgehead atoms. The topological polar surface area (TPSA) is 53.7 Å². The number of nitrogens with zero attached hydrogens (tertiary/aromatic N) is 4. The molecule has 6 heteroatoms. The molecule has 0 unspecified atom stereocenters. The maximum absolute atomic E-state index is 9.75. The van der Waals surface area contributed by atoms with E-state index in [0.717, 1.165) is 32.6 Å². The van der Waals surface area contributed by atoms with Crippen molar-refractivity contribution in [1.82, 2.24) is 14.6 Å². The molecule has 1 aromatic carbocycles. The highest BCUT2D eigenvalue weighted by Gasteiger charge is 2.18. The van der Waals surface area contributed by atoms with Crippen LogP contribution in [-0.4, -0.2) is 33.8 Å². The molecule has 0 atom stereocenters. The van der Waals surface area contributed by atoms with Gasteiger partial charge in [0.15, 0.2) is 0 Å². The quantitative estimate of drug-likeness (QED) is 0.803. The minimum absolute atomic E-state index is 0.0762. The van der Waals surface area contributed by atoms with E-state index in [1.165, 1.54) is 0 Å². The van der Waals surface area contributed by atoms with Crippen LogP contribution in [0.3, 0.4) is 0 Å². The molecule has 0 aliphatic carbocycles. The van der Waals surface area contributed by atoms with E-state index in [-0.39, 0.29) is 6.61 Å². The first-order valence-corrected chi connectivity index (χ1v) is 8.10. The molecule has 0 amide bonds. The van der Waals surface area contributed by atoms with Gasteiger partial charge in [0.1, 0.15) is 5.01 Å². The average molecular weight is 316 g/mol. The summed E-state index contributed by atoms with van der Waals surface area (Å²) in [4.78, 5) is 7.56. The second-order valence-electron chi connectivity index (χ2n) is 5.80. The predicted molar refractivity (Wildman–Crippen MR) is 90.6 cm³/mol. The molecule has 2 heterocycles. The van der Waals surface area contributed by atoms with Crippen LogP contribution < -0.4 is 4.90 Å². The first-order valence-electron chi connectivity index (χ1n) is 7.28. The van der Waals surface area contributed by atoms with Crippen LogP contribution >= 0.6 is 11.3 Å². The zero-order valence-corrected chi connectivity index (χ0v) is 14.1. The second kappa shape index (κ2) is 5.70. The van der Waals surface area contributed by atoms with Crippen LogP contribution in [-0.2, 0) is 6.61 Å². The van der Waals surface area contributed by atoms with Gasteiger partial charge in [0, 0.05) is 31.3 Å². The SMILES string of the molecule is CC(C)c1nn2c(CO)c(-c3ccc(N(C)C)cc3)nc2s1. The number of hydrogen-bond donors (Lipinski definition) is 1. The van der Waals surface area contributed by atoms with Gasteiger partial charge in [-0.05, 0) is 12.1 Å². The third-order valence-electron chi connectivity index (χ3n) is 3.61. The molecule has 0 fully saturated rings. The zero-order valence-electron chi connectivity index (χ0n) is 13.2. The molecule has 22 heavy (non-hydrogen) atoms. The van der Waals surface area contributed by atoms with E-state index < -0.39 is 0 Å². The number of benzene rings is 1. The molecule has 3 rings (SSSR count). The van der Waals surface area contributed by atoms with Gasteiger partial charge in [0.05, 0.1) is 18.0 Å². The van der Waals surface area contributed by atoms with E-state index in [1.54, 1.807) is 15.9 Å². The summed E-state index contributed by atoms with van der Waals surface area (Å²) in [6.07, 6.45) is 0. The lowest BCUT2D eigenvalue weighted by molar-refractivity contribution is 0.275. The van der Waals surface area contributed by atoms with Gasteiger partial charge in [0.25, 0.3) is 0 Å². The fourth-order valence-corrected chi connectivity index (χ4v) is 3.25. The maximum atomic E-state index is 9.75. The Morgan fingerprint density at radius 3 is 2.45 bits per heavy atom. The summed E-state index contributed by atoms with van der Waals surface area (Å²) in [6.45, 7) is 4.14. The number of fused-ring (bicyclic) bond motifs is 1. The average Bonchev–Trinajstić information content (AvgIpc) is 3.04. The molecule has 5 nitrogen and oxygen atoms in total. The van der Waals surface area contributed by atoms with Crippen molar-refractivity contribution in [3.05, 3.63) is 35.0 Å². The Hall–Kier alpha value is -1.92. The van der Waals surface area contributed by atoms with Crippen molar-refractivity contribution in [2.45, 2.75) is 26.4 Å². The van der Waals surface area contributed by atoms with Gasteiger partial charge < -0.3 is 10.0 Å². The summed E-state index contributed by atoms with van der Waals surface area (Å²) in [5.41, 5.74) is 3.69. The summed E-state index contributed by atoms with van der Waals surface area (Å²) >= 11 is 1.58. The number of aliphatic hydroxyl groups excluding tert-OH is 1. The number of aromatic nitrogens is 3. The van der Waals surface area contributed by atoms with E-state index in [9.17, 15) is 5.11 Å². The Balaban J connectivity index is 2.08. The molecular formula is C16H20N4OS. The van der Waals surface area contributed by atoms with Crippen LogP contribution in [0.4, 0.5) is 5.69 Å². The van der Waals surface area contributed by atoms with Gasteiger partial charge in [-0.2, -0.15) is 5.10 Å². The Kier molecular flexibility index (Phi) is 3.88. The Morgan fingerprint density at radius 2 is 1.91 bits per heavy atom. The molecule has 3 aromatic rings. The number of anilines is 1. The minimum atomic E-state index is -0.0762. The van der Waals surface area contributed by atoms with Gasteiger partial charge in [-0.1, -0.05) is 37.3 Å². The van der Waals surface area contributed by atoms with E-state index in [1.807, 2.05) is 26.2 Å². The predicted octanol–water partition coefficient (Wildman–Crippen LogP) is 3.14. The van der Waals surface area contributed by atoms with Gasteiger partial charge in [-0.3, -0.25) is 0 Å². The first kappa shape index (κ1) is 15.0. The molecule has 0 saturated carbocycles. The van der Waals surface area contributed by atoms with Gasteiger partial charge >= 0.3 is 0 Å².